The maximum atomic E-state index is 5.97. The molecule has 8 nitrogen and oxygen atoms in total. The molecule has 0 saturated carbocycles. The number of likely N-dealkylation sites (tertiary alicyclic amines) is 1. The quantitative estimate of drug-likeness (QED) is 0.395. The lowest BCUT2D eigenvalue weighted by Crippen LogP contribution is -2.47. The molecule has 1 N–H and O–H groups in total. The van der Waals surface area contributed by atoms with Gasteiger partial charge < -0.3 is 19.7 Å². The largest absolute Gasteiger partial charge is 0.385 e. The van der Waals surface area contributed by atoms with E-state index in [1.165, 1.54) is 0 Å². The summed E-state index contributed by atoms with van der Waals surface area (Å²) in [5, 5.41) is 3.43. The number of guanidine groups is 1. The standard InChI is InChI=1S/C21H32N6O2/c1-3-23-21(26-10-6-19(7-11-26)29-14-4-13-28-2)25-16-18-5-8-24-20(15-18)27-12-9-22-17-27/h5,8-9,12,15,17,19H,3-4,6-7,10-11,13-14,16H2,1-2H3,(H,23,25). The summed E-state index contributed by atoms with van der Waals surface area (Å²) < 4.78 is 12.9. The van der Waals surface area contributed by atoms with Gasteiger partial charge in [-0.1, -0.05) is 0 Å². The Morgan fingerprint density at radius 3 is 2.86 bits per heavy atom. The Hall–Kier alpha value is -2.45. The minimum atomic E-state index is 0.337. The van der Waals surface area contributed by atoms with Gasteiger partial charge in [-0.15, -0.1) is 0 Å². The molecule has 2 aromatic rings. The molecule has 8 heteroatoms. The number of aromatic nitrogens is 3. The van der Waals surface area contributed by atoms with Gasteiger partial charge in [0, 0.05) is 58.5 Å². The third kappa shape index (κ3) is 6.54. The zero-order valence-corrected chi connectivity index (χ0v) is 17.5. The van der Waals surface area contributed by atoms with Crippen LogP contribution in [-0.2, 0) is 16.0 Å². The van der Waals surface area contributed by atoms with Crippen LogP contribution in [0.4, 0.5) is 0 Å². The molecular weight excluding hydrogens is 368 g/mol. The van der Waals surface area contributed by atoms with Crippen LogP contribution < -0.4 is 5.32 Å². The predicted octanol–water partition coefficient (Wildman–Crippen LogP) is 2.25. The van der Waals surface area contributed by atoms with Gasteiger partial charge in [-0.3, -0.25) is 4.57 Å². The fourth-order valence-electron chi connectivity index (χ4n) is 3.37. The van der Waals surface area contributed by atoms with Gasteiger partial charge in [0.1, 0.15) is 12.1 Å². The summed E-state index contributed by atoms with van der Waals surface area (Å²) in [7, 11) is 1.73. The molecule has 3 rings (SSSR count). The number of hydrogen-bond acceptors (Lipinski definition) is 5. The van der Waals surface area contributed by atoms with Crippen LogP contribution in [-0.4, -0.2) is 71.5 Å². The Morgan fingerprint density at radius 2 is 2.14 bits per heavy atom. The minimum Gasteiger partial charge on any atom is -0.385 e. The third-order valence-electron chi connectivity index (χ3n) is 4.91. The van der Waals surface area contributed by atoms with Crippen molar-refractivity contribution in [1.29, 1.82) is 0 Å². The van der Waals surface area contributed by atoms with E-state index in [1.54, 1.807) is 19.6 Å². The van der Waals surface area contributed by atoms with Crippen molar-refractivity contribution in [2.75, 3.05) is 40.0 Å². The first-order chi connectivity index (χ1) is 14.3. The molecular formula is C21H32N6O2. The topological polar surface area (TPSA) is 76.8 Å². The molecule has 1 aliphatic heterocycles. The number of pyridine rings is 1. The average molecular weight is 401 g/mol. The van der Waals surface area contributed by atoms with Crippen molar-refractivity contribution < 1.29 is 9.47 Å². The maximum Gasteiger partial charge on any atom is 0.194 e. The van der Waals surface area contributed by atoms with Crippen molar-refractivity contribution in [2.45, 2.75) is 38.8 Å². The first kappa shape index (κ1) is 21.3. The number of rotatable bonds is 9. The number of imidazole rings is 1. The Labute approximate surface area is 173 Å². The minimum absolute atomic E-state index is 0.337. The van der Waals surface area contributed by atoms with Crippen LogP contribution in [0.25, 0.3) is 5.82 Å². The smallest absolute Gasteiger partial charge is 0.194 e. The molecule has 0 radical (unpaired) electrons. The van der Waals surface area contributed by atoms with Crippen molar-refractivity contribution in [1.82, 2.24) is 24.8 Å². The van der Waals surface area contributed by atoms with E-state index in [1.807, 2.05) is 23.0 Å². The van der Waals surface area contributed by atoms with Gasteiger partial charge in [0.05, 0.1) is 12.6 Å². The van der Waals surface area contributed by atoms with Crippen LogP contribution in [0.3, 0.4) is 0 Å². The van der Waals surface area contributed by atoms with E-state index in [4.69, 9.17) is 14.5 Å². The van der Waals surface area contributed by atoms with Crippen LogP contribution in [0, 0.1) is 0 Å². The van der Waals surface area contributed by atoms with Crippen molar-refractivity contribution in [3.63, 3.8) is 0 Å². The first-order valence-electron chi connectivity index (χ1n) is 10.4. The summed E-state index contributed by atoms with van der Waals surface area (Å²) in [5.74, 6) is 1.82. The predicted molar refractivity (Wildman–Crippen MR) is 113 cm³/mol. The molecule has 29 heavy (non-hydrogen) atoms. The monoisotopic (exact) mass is 400 g/mol. The number of piperidine rings is 1. The number of aliphatic imine (C=N–C) groups is 1. The number of hydrogen-bond donors (Lipinski definition) is 1. The number of ether oxygens (including phenoxy) is 2. The highest BCUT2D eigenvalue weighted by molar-refractivity contribution is 5.80. The number of nitrogens with one attached hydrogen (secondary N) is 1. The van der Waals surface area contributed by atoms with E-state index in [0.29, 0.717) is 12.6 Å². The molecule has 0 spiro atoms. The molecule has 3 heterocycles. The molecule has 0 aromatic carbocycles. The maximum absolute atomic E-state index is 5.97. The Morgan fingerprint density at radius 1 is 1.28 bits per heavy atom. The Bertz CT molecular complexity index is 741. The second-order valence-electron chi connectivity index (χ2n) is 7.07. The zero-order chi connectivity index (χ0) is 20.3. The molecule has 0 atom stereocenters. The molecule has 1 fully saturated rings. The summed E-state index contributed by atoms with van der Waals surface area (Å²) in [6.07, 6.45) is 10.6. The third-order valence-corrected chi connectivity index (χ3v) is 4.91. The number of methoxy groups -OCH3 is 1. The van der Waals surface area contributed by atoms with E-state index >= 15 is 0 Å². The molecule has 158 valence electrons. The van der Waals surface area contributed by atoms with E-state index in [9.17, 15) is 0 Å². The summed E-state index contributed by atoms with van der Waals surface area (Å²) >= 11 is 0. The second-order valence-corrected chi connectivity index (χ2v) is 7.07. The fraction of sp³-hybridized carbons (Fsp3) is 0.571. The van der Waals surface area contributed by atoms with Crippen molar-refractivity contribution in [3.05, 3.63) is 42.6 Å². The van der Waals surface area contributed by atoms with Crippen LogP contribution in [0.1, 0.15) is 31.7 Å². The lowest BCUT2D eigenvalue weighted by atomic mass is 10.1. The summed E-state index contributed by atoms with van der Waals surface area (Å²) in [6, 6.07) is 4.06. The lowest BCUT2D eigenvalue weighted by Gasteiger charge is -2.34. The highest BCUT2D eigenvalue weighted by Gasteiger charge is 2.21. The molecule has 2 aromatic heterocycles. The van der Waals surface area contributed by atoms with Crippen LogP contribution in [0.5, 0.6) is 0 Å². The van der Waals surface area contributed by atoms with Gasteiger partial charge in [-0.05, 0) is 43.9 Å². The summed E-state index contributed by atoms with van der Waals surface area (Å²) in [4.78, 5) is 15.7. The Kier molecular flexibility index (Phi) is 8.45. The van der Waals surface area contributed by atoms with Gasteiger partial charge >= 0.3 is 0 Å². The number of nitrogens with zero attached hydrogens (tertiary/aromatic N) is 5. The lowest BCUT2D eigenvalue weighted by molar-refractivity contribution is 0.00990. The Balaban J connectivity index is 1.55. The molecule has 0 bridgehead atoms. The van der Waals surface area contributed by atoms with E-state index in [2.05, 4.69) is 33.2 Å². The van der Waals surface area contributed by atoms with Crippen LogP contribution >= 0.6 is 0 Å². The molecule has 0 aliphatic carbocycles. The van der Waals surface area contributed by atoms with Crippen LogP contribution in [0.15, 0.2) is 42.0 Å². The van der Waals surface area contributed by atoms with Crippen molar-refractivity contribution in [2.24, 2.45) is 4.99 Å². The van der Waals surface area contributed by atoms with Gasteiger partial charge in [0.2, 0.25) is 0 Å². The molecule has 1 aliphatic rings. The summed E-state index contributed by atoms with van der Waals surface area (Å²) in [5.41, 5.74) is 1.12. The summed E-state index contributed by atoms with van der Waals surface area (Å²) in [6.45, 7) is 7.00. The van der Waals surface area contributed by atoms with E-state index in [0.717, 1.165) is 69.5 Å². The highest BCUT2D eigenvalue weighted by atomic mass is 16.5. The van der Waals surface area contributed by atoms with E-state index in [-0.39, 0.29) is 0 Å². The molecule has 0 amide bonds. The average Bonchev–Trinajstić information content (AvgIpc) is 3.30. The van der Waals surface area contributed by atoms with E-state index < -0.39 is 0 Å². The van der Waals surface area contributed by atoms with Gasteiger partial charge in [0.15, 0.2) is 5.96 Å². The van der Waals surface area contributed by atoms with Crippen molar-refractivity contribution >= 4 is 5.96 Å². The van der Waals surface area contributed by atoms with Crippen molar-refractivity contribution in [3.8, 4) is 5.82 Å². The normalized spacial score (nSPS) is 15.7. The first-order valence-corrected chi connectivity index (χ1v) is 10.4. The zero-order valence-electron chi connectivity index (χ0n) is 17.5. The molecule has 0 unspecified atom stereocenters. The van der Waals surface area contributed by atoms with Gasteiger partial charge in [0.25, 0.3) is 0 Å². The highest BCUT2D eigenvalue weighted by Crippen LogP contribution is 2.15. The van der Waals surface area contributed by atoms with Gasteiger partial charge in [-0.25, -0.2) is 15.0 Å². The SMILES string of the molecule is CCNC(=NCc1ccnc(-n2ccnc2)c1)N1CCC(OCCCOC)CC1. The molecule has 1 saturated heterocycles. The fourth-order valence-corrected chi connectivity index (χ4v) is 3.37. The van der Waals surface area contributed by atoms with Gasteiger partial charge in [-0.2, -0.15) is 0 Å². The second kappa shape index (κ2) is 11.5. The van der Waals surface area contributed by atoms with Crippen LogP contribution in [0.2, 0.25) is 0 Å².